The topological polar surface area (TPSA) is 114 Å². The zero-order valence-electron chi connectivity index (χ0n) is 9.70. The Balaban J connectivity index is 2.31. The highest BCUT2D eigenvalue weighted by Crippen LogP contribution is 2.28. The van der Waals surface area contributed by atoms with Crippen LogP contribution in [0.15, 0.2) is 15.8 Å². The Morgan fingerprint density at radius 3 is 2.89 bits per heavy atom. The van der Waals surface area contributed by atoms with Crippen LogP contribution < -0.4 is 11.2 Å². The van der Waals surface area contributed by atoms with Crippen molar-refractivity contribution in [1.82, 2.24) is 9.55 Å². The van der Waals surface area contributed by atoms with Crippen molar-refractivity contribution in [1.29, 1.82) is 0 Å². The molecule has 3 N–H and O–H groups in total. The molecule has 18 heavy (non-hydrogen) atoms. The molecule has 0 saturated carbocycles. The van der Waals surface area contributed by atoms with E-state index in [4.69, 9.17) is 15.1 Å². The van der Waals surface area contributed by atoms with Crippen molar-refractivity contribution in [3.63, 3.8) is 0 Å². The van der Waals surface area contributed by atoms with Gasteiger partial charge in [0.05, 0.1) is 6.61 Å². The van der Waals surface area contributed by atoms with E-state index in [9.17, 15) is 9.59 Å². The second kappa shape index (κ2) is 5.02. The van der Waals surface area contributed by atoms with Crippen molar-refractivity contribution in [2.45, 2.75) is 31.8 Å². The van der Waals surface area contributed by atoms with Crippen LogP contribution in [0.4, 0.5) is 0 Å². The summed E-state index contributed by atoms with van der Waals surface area (Å²) in [6.07, 6.45) is -0.534. The molecule has 0 radical (unpaired) electrons. The van der Waals surface area contributed by atoms with Gasteiger partial charge in [-0.05, 0) is 6.92 Å². The number of aromatic amines is 1. The quantitative estimate of drug-likeness (QED) is 0.472. The molecule has 1 aliphatic rings. The predicted molar refractivity (Wildman–Crippen MR) is 59.2 cm³/mol. The average molecular weight is 258 g/mol. The maximum absolute atomic E-state index is 11.6. The molecule has 0 bridgehead atoms. The fourth-order valence-electron chi connectivity index (χ4n) is 1.95. The van der Waals surface area contributed by atoms with E-state index in [-0.39, 0.29) is 13.0 Å². The Bertz CT molecular complexity index is 524. The molecule has 1 fully saturated rings. The molecule has 0 unspecified atom stereocenters. The largest absolute Gasteiger partial charge is 0.394 e. The van der Waals surface area contributed by atoms with Crippen LogP contribution in [0.3, 0.4) is 0 Å². The Morgan fingerprint density at radius 2 is 2.33 bits per heavy atom. The zero-order valence-corrected chi connectivity index (χ0v) is 9.70. The van der Waals surface area contributed by atoms with E-state index in [1.54, 1.807) is 6.92 Å². The van der Waals surface area contributed by atoms with E-state index in [1.165, 1.54) is 10.8 Å². The third-order valence-electron chi connectivity index (χ3n) is 2.95. The Labute approximate surface area is 101 Å². The summed E-state index contributed by atoms with van der Waals surface area (Å²) in [5.74, 6) is 0. The van der Waals surface area contributed by atoms with Crippen molar-refractivity contribution in [2.24, 2.45) is 0 Å². The number of hydrogen-bond acceptors (Lipinski definition) is 6. The van der Waals surface area contributed by atoms with Crippen molar-refractivity contribution in [3.05, 3.63) is 32.6 Å². The van der Waals surface area contributed by atoms with Crippen molar-refractivity contribution in [2.75, 3.05) is 6.61 Å². The van der Waals surface area contributed by atoms with Gasteiger partial charge < -0.3 is 9.84 Å². The number of nitrogens with zero attached hydrogens (tertiary/aromatic N) is 1. The first-order valence-electron chi connectivity index (χ1n) is 5.45. The Kier molecular flexibility index (Phi) is 3.62. The SMILES string of the molecule is Cc1cn([C@H]2C[C@H](OO)[C@@H](CO)O2)c(=O)[nH]c1=O. The minimum Gasteiger partial charge on any atom is -0.394 e. The lowest BCUT2D eigenvalue weighted by molar-refractivity contribution is -0.288. The van der Waals surface area contributed by atoms with Gasteiger partial charge in [-0.2, -0.15) is 0 Å². The first kappa shape index (κ1) is 13.0. The number of aliphatic hydroxyl groups is 1. The standard InChI is InChI=1S/C10H14N2O6/c1-5-3-12(10(15)11-9(5)14)8-2-6(18-16)7(4-13)17-8/h3,6-8,13,16H,2,4H2,1H3,(H,11,14,15)/t6-,7+,8+/m0/s1. The molecule has 2 rings (SSSR count). The van der Waals surface area contributed by atoms with E-state index >= 15 is 0 Å². The molecular formula is C10H14N2O6. The third-order valence-corrected chi connectivity index (χ3v) is 2.95. The molecule has 0 aliphatic carbocycles. The highest BCUT2D eigenvalue weighted by molar-refractivity contribution is 5.02. The van der Waals surface area contributed by atoms with Crippen LogP contribution in [-0.2, 0) is 9.62 Å². The number of aliphatic hydroxyl groups excluding tert-OH is 1. The molecule has 8 heteroatoms. The minimum atomic E-state index is -0.709. The molecule has 1 aliphatic heterocycles. The Morgan fingerprint density at radius 1 is 1.61 bits per heavy atom. The molecule has 1 aromatic rings. The van der Waals surface area contributed by atoms with Crippen molar-refractivity contribution < 1.29 is 20.0 Å². The van der Waals surface area contributed by atoms with E-state index in [2.05, 4.69) is 9.87 Å². The van der Waals surface area contributed by atoms with Gasteiger partial charge in [0.15, 0.2) is 0 Å². The first-order chi connectivity index (χ1) is 8.56. The molecule has 0 amide bonds. The number of aryl methyl sites for hydroxylation is 1. The maximum atomic E-state index is 11.6. The predicted octanol–water partition coefficient (Wildman–Crippen LogP) is -1.02. The van der Waals surface area contributed by atoms with Crippen LogP contribution in [0.1, 0.15) is 18.2 Å². The van der Waals surface area contributed by atoms with Crippen molar-refractivity contribution in [3.8, 4) is 0 Å². The normalized spacial score (nSPS) is 27.6. The average Bonchev–Trinajstić information content (AvgIpc) is 2.76. The van der Waals surface area contributed by atoms with E-state index in [0.29, 0.717) is 5.56 Å². The molecule has 1 aromatic heterocycles. The zero-order chi connectivity index (χ0) is 13.3. The summed E-state index contributed by atoms with van der Waals surface area (Å²) < 4.78 is 6.59. The number of nitrogens with one attached hydrogen (secondary N) is 1. The maximum Gasteiger partial charge on any atom is 0.330 e. The second-order valence-electron chi connectivity index (χ2n) is 4.17. The highest BCUT2D eigenvalue weighted by atomic mass is 17.1. The van der Waals surface area contributed by atoms with Gasteiger partial charge in [-0.15, -0.1) is 0 Å². The van der Waals surface area contributed by atoms with Crippen LogP contribution in [-0.4, -0.2) is 38.7 Å². The lowest BCUT2D eigenvalue weighted by Gasteiger charge is -2.14. The molecule has 8 nitrogen and oxygen atoms in total. The van der Waals surface area contributed by atoms with Crippen LogP contribution >= 0.6 is 0 Å². The van der Waals surface area contributed by atoms with Crippen LogP contribution in [0.5, 0.6) is 0 Å². The van der Waals surface area contributed by atoms with Crippen LogP contribution in [0.25, 0.3) is 0 Å². The number of ether oxygens (including phenoxy) is 1. The molecule has 100 valence electrons. The van der Waals surface area contributed by atoms with Gasteiger partial charge >= 0.3 is 5.69 Å². The number of aromatic nitrogens is 2. The molecule has 1 saturated heterocycles. The van der Waals surface area contributed by atoms with Gasteiger partial charge in [0.2, 0.25) is 0 Å². The highest BCUT2D eigenvalue weighted by Gasteiger charge is 2.37. The van der Waals surface area contributed by atoms with E-state index in [0.717, 1.165) is 0 Å². The Hall–Kier alpha value is -1.48. The molecule has 2 heterocycles. The summed E-state index contributed by atoms with van der Waals surface area (Å²) in [6, 6.07) is 0. The minimum absolute atomic E-state index is 0.202. The van der Waals surface area contributed by atoms with Gasteiger partial charge in [0.25, 0.3) is 5.56 Å². The summed E-state index contributed by atoms with van der Waals surface area (Å²) in [7, 11) is 0. The summed E-state index contributed by atoms with van der Waals surface area (Å²) in [6.45, 7) is 1.23. The first-order valence-corrected chi connectivity index (χ1v) is 5.45. The molecule has 3 atom stereocenters. The van der Waals surface area contributed by atoms with Gasteiger partial charge in [-0.1, -0.05) is 0 Å². The van der Waals surface area contributed by atoms with Crippen LogP contribution in [0.2, 0.25) is 0 Å². The number of rotatable bonds is 3. The summed E-state index contributed by atoms with van der Waals surface area (Å²) >= 11 is 0. The van der Waals surface area contributed by atoms with Gasteiger partial charge in [0.1, 0.15) is 18.4 Å². The molecular weight excluding hydrogens is 244 g/mol. The second-order valence-corrected chi connectivity index (χ2v) is 4.17. The molecule has 0 aromatic carbocycles. The van der Waals surface area contributed by atoms with Crippen molar-refractivity contribution >= 4 is 0 Å². The monoisotopic (exact) mass is 258 g/mol. The van der Waals surface area contributed by atoms with Gasteiger partial charge in [-0.25, -0.2) is 9.68 Å². The number of H-pyrrole nitrogens is 1. The summed E-state index contributed by atoms with van der Waals surface area (Å²) in [5.41, 5.74) is -0.694. The smallest absolute Gasteiger partial charge is 0.330 e. The fourth-order valence-corrected chi connectivity index (χ4v) is 1.95. The summed E-state index contributed by atoms with van der Waals surface area (Å²) in [4.78, 5) is 29.2. The van der Waals surface area contributed by atoms with E-state index < -0.39 is 29.7 Å². The van der Waals surface area contributed by atoms with Crippen LogP contribution in [0, 0.1) is 6.92 Å². The summed E-state index contributed by atoms with van der Waals surface area (Å²) in [5, 5.41) is 17.7. The molecule has 0 spiro atoms. The third kappa shape index (κ3) is 2.23. The number of hydrogen-bond donors (Lipinski definition) is 3. The lowest BCUT2D eigenvalue weighted by atomic mass is 10.2. The van der Waals surface area contributed by atoms with E-state index in [1.807, 2.05) is 0 Å². The fraction of sp³-hybridized carbons (Fsp3) is 0.600. The lowest BCUT2D eigenvalue weighted by Crippen LogP contribution is -2.33. The van der Waals surface area contributed by atoms with Gasteiger partial charge in [0, 0.05) is 18.2 Å². The van der Waals surface area contributed by atoms with Gasteiger partial charge in [-0.3, -0.25) is 19.6 Å².